The number of rotatable bonds is 8. The Kier molecular flexibility index (Phi) is 6.13. The first-order chi connectivity index (χ1) is 16.3. The van der Waals surface area contributed by atoms with Crippen LogP contribution in [0, 0.1) is 23.7 Å². The Morgan fingerprint density at radius 1 is 1.03 bits per heavy atom. The van der Waals surface area contributed by atoms with Crippen LogP contribution < -0.4 is 10.1 Å². The Morgan fingerprint density at radius 3 is 2.21 bits per heavy atom. The lowest BCUT2D eigenvalue weighted by Crippen LogP contribution is -2.48. The lowest BCUT2D eigenvalue weighted by molar-refractivity contribution is -0.141. The van der Waals surface area contributed by atoms with Crippen LogP contribution >= 0.6 is 0 Å². The van der Waals surface area contributed by atoms with Crippen molar-refractivity contribution in [2.45, 2.75) is 63.8 Å². The highest BCUT2D eigenvalue weighted by molar-refractivity contribution is 5.94. The Labute approximate surface area is 201 Å². The molecule has 180 valence electrons. The molecule has 4 saturated carbocycles. The van der Waals surface area contributed by atoms with E-state index in [1.807, 2.05) is 30.3 Å². The number of carboxylic acids is 1. The van der Waals surface area contributed by atoms with Crippen LogP contribution in [0.2, 0.25) is 0 Å². The molecule has 6 rings (SSSR count). The zero-order chi connectivity index (χ0) is 23.9. The van der Waals surface area contributed by atoms with Gasteiger partial charge in [-0.25, -0.2) is 0 Å². The molecule has 4 fully saturated rings. The summed E-state index contributed by atoms with van der Waals surface area (Å²) in [4.78, 5) is 24.1. The Morgan fingerprint density at radius 2 is 1.65 bits per heavy atom. The third kappa shape index (κ3) is 4.45. The molecule has 0 unspecified atom stereocenters. The number of nitrogens with one attached hydrogen (secondary N) is 1. The standard InChI is InChI=1S/C29H35NO4/c1-18(28(32)33)9-19-3-8-26(34-2)24(13-19)17-30-27(31)23-4-6-25(7-5-23)29-14-20-10-21(15-29)12-22(11-20)16-29/h3-8,13,18,20-22H,9-12,14-17H2,1-2H3,(H,30,31)(H,32,33)/t18-,20?,21?,22?,29?/m1/s1. The topological polar surface area (TPSA) is 75.6 Å². The molecule has 5 heteroatoms. The van der Waals surface area contributed by atoms with Crippen molar-refractivity contribution in [3.05, 3.63) is 64.7 Å². The first kappa shape index (κ1) is 22.9. The van der Waals surface area contributed by atoms with E-state index in [-0.39, 0.29) is 5.91 Å². The van der Waals surface area contributed by atoms with E-state index >= 15 is 0 Å². The molecule has 0 heterocycles. The average Bonchev–Trinajstić information content (AvgIpc) is 2.82. The number of carbonyl (C=O) groups is 2. The van der Waals surface area contributed by atoms with Gasteiger partial charge in [0.2, 0.25) is 0 Å². The van der Waals surface area contributed by atoms with Gasteiger partial charge in [0, 0.05) is 17.7 Å². The van der Waals surface area contributed by atoms with Crippen LogP contribution in [0.15, 0.2) is 42.5 Å². The predicted octanol–water partition coefficient (Wildman–Crippen LogP) is 5.36. The van der Waals surface area contributed by atoms with Gasteiger partial charge < -0.3 is 15.2 Å². The van der Waals surface area contributed by atoms with Crippen molar-refractivity contribution in [2.24, 2.45) is 23.7 Å². The number of benzene rings is 2. The number of carbonyl (C=O) groups excluding carboxylic acids is 1. The van der Waals surface area contributed by atoms with Crippen molar-refractivity contribution >= 4 is 11.9 Å². The molecule has 0 saturated heterocycles. The summed E-state index contributed by atoms with van der Waals surface area (Å²) in [6.07, 6.45) is 8.69. The normalized spacial score (nSPS) is 27.9. The van der Waals surface area contributed by atoms with Crippen LogP contribution in [0.1, 0.15) is 72.5 Å². The van der Waals surface area contributed by atoms with Gasteiger partial charge in [-0.2, -0.15) is 0 Å². The van der Waals surface area contributed by atoms with Gasteiger partial charge in [0.1, 0.15) is 5.75 Å². The first-order valence-electron chi connectivity index (χ1n) is 12.6. The fraction of sp³-hybridized carbons (Fsp3) is 0.517. The van der Waals surface area contributed by atoms with Crippen molar-refractivity contribution in [2.75, 3.05) is 7.11 Å². The number of amides is 1. The molecular formula is C29H35NO4. The summed E-state index contributed by atoms with van der Waals surface area (Å²) in [5.74, 6) is 1.99. The monoisotopic (exact) mass is 461 g/mol. The molecule has 4 aliphatic carbocycles. The molecule has 2 N–H and O–H groups in total. The van der Waals surface area contributed by atoms with Crippen LogP contribution in [-0.4, -0.2) is 24.1 Å². The fourth-order valence-electron chi connectivity index (χ4n) is 7.25. The molecule has 1 amide bonds. The molecule has 0 spiro atoms. The van der Waals surface area contributed by atoms with Crippen molar-refractivity contribution in [1.29, 1.82) is 0 Å². The molecule has 4 bridgehead atoms. The molecule has 0 radical (unpaired) electrons. The number of aliphatic carboxylic acids is 1. The Bertz CT molecular complexity index is 1040. The van der Waals surface area contributed by atoms with Gasteiger partial charge in [-0.15, -0.1) is 0 Å². The minimum atomic E-state index is -0.817. The largest absolute Gasteiger partial charge is 0.496 e. The molecule has 2 aromatic rings. The zero-order valence-corrected chi connectivity index (χ0v) is 20.2. The summed E-state index contributed by atoms with van der Waals surface area (Å²) in [5, 5.41) is 12.2. The third-order valence-corrected chi connectivity index (χ3v) is 8.55. The van der Waals surface area contributed by atoms with Gasteiger partial charge in [-0.1, -0.05) is 31.2 Å². The van der Waals surface area contributed by atoms with E-state index in [0.717, 1.165) is 28.9 Å². The van der Waals surface area contributed by atoms with E-state index in [0.29, 0.717) is 29.7 Å². The maximum atomic E-state index is 12.9. The molecule has 34 heavy (non-hydrogen) atoms. The van der Waals surface area contributed by atoms with E-state index in [2.05, 4.69) is 17.4 Å². The van der Waals surface area contributed by atoms with Crippen molar-refractivity contribution in [3.8, 4) is 5.75 Å². The maximum absolute atomic E-state index is 12.9. The summed E-state index contributed by atoms with van der Waals surface area (Å²) in [6, 6.07) is 14.0. The lowest BCUT2D eigenvalue weighted by Gasteiger charge is -2.57. The van der Waals surface area contributed by atoms with Gasteiger partial charge in [-0.05, 0) is 97.4 Å². The number of carboxylic acid groups (broad SMARTS) is 1. The quantitative estimate of drug-likeness (QED) is 0.555. The molecule has 1 atom stereocenters. The molecular weight excluding hydrogens is 426 g/mol. The van der Waals surface area contributed by atoms with Crippen molar-refractivity contribution < 1.29 is 19.4 Å². The molecule has 4 aliphatic rings. The van der Waals surface area contributed by atoms with Crippen molar-refractivity contribution in [1.82, 2.24) is 5.32 Å². The van der Waals surface area contributed by atoms with Crippen LogP contribution in [0.3, 0.4) is 0 Å². The number of methoxy groups -OCH3 is 1. The lowest BCUT2D eigenvalue weighted by atomic mass is 9.48. The van der Waals surface area contributed by atoms with Gasteiger partial charge in [0.25, 0.3) is 5.91 Å². The summed E-state index contributed by atoms with van der Waals surface area (Å²) >= 11 is 0. The second-order valence-electron chi connectivity index (χ2n) is 11.0. The third-order valence-electron chi connectivity index (χ3n) is 8.55. The van der Waals surface area contributed by atoms with Crippen molar-refractivity contribution in [3.63, 3.8) is 0 Å². The second kappa shape index (κ2) is 9.09. The fourth-order valence-corrected chi connectivity index (χ4v) is 7.25. The summed E-state index contributed by atoms with van der Waals surface area (Å²) in [6.45, 7) is 2.02. The SMILES string of the molecule is COc1ccc(C[C@@H](C)C(=O)O)cc1CNC(=O)c1ccc(C23CC4CC(CC(C4)C2)C3)cc1. The highest BCUT2D eigenvalue weighted by atomic mass is 16.5. The van der Waals surface area contributed by atoms with E-state index in [9.17, 15) is 14.7 Å². The van der Waals surface area contributed by atoms with Gasteiger partial charge in [0.05, 0.1) is 13.0 Å². The summed E-state index contributed by atoms with van der Waals surface area (Å²) in [7, 11) is 1.60. The Hall–Kier alpha value is -2.82. The van der Waals surface area contributed by atoms with Crippen LogP contribution in [-0.2, 0) is 23.2 Å². The average molecular weight is 462 g/mol. The summed E-state index contributed by atoms with van der Waals surface area (Å²) < 4.78 is 5.46. The molecule has 5 nitrogen and oxygen atoms in total. The van der Waals surface area contributed by atoms with Crippen LogP contribution in [0.25, 0.3) is 0 Å². The minimum Gasteiger partial charge on any atom is -0.496 e. The van der Waals surface area contributed by atoms with E-state index in [1.165, 1.54) is 44.1 Å². The van der Waals surface area contributed by atoms with Gasteiger partial charge in [0.15, 0.2) is 0 Å². The van der Waals surface area contributed by atoms with E-state index < -0.39 is 11.9 Å². The predicted molar refractivity (Wildman–Crippen MR) is 131 cm³/mol. The number of hydrogen-bond acceptors (Lipinski definition) is 3. The van der Waals surface area contributed by atoms with Gasteiger partial charge >= 0.3 is 5.97 Å². The number of hydrogen-bond donors (Lipinski definition) is 2. The first-order valence-corrected chi connectivity index (χ1v) is 12.6. The van der Waals surface area contributed by atoms with Crippen LogP contribution in [0.4, 0.5) is 0 Å². The van der Waals surface area contributed by atoms with E-state index in [1.54, 1.807) is 14.0 Å². The smallest absolute Gasteiger partial charge is 0.306 e. The maximum Gasteiger partial charge on any atom is 0.306 e. The molecule has 0 aliphatic heterocycles. The second-order valence-corrected chi connectivity index (χ2v) is 11.0. The van der Waals surface area contributed by atoms with Gasteiger partial charge in [-0.3, -0.25) is 9.59 Å². The number of ether oxygens (including phenoxy) is 1. The summed E-state index contributed by atoms with van der Waals surface area (Å²) in [5.41, 5.74) is 4.19. The Balaban J connectivity index is 1.25. The van der Waals surface area contributed by atoms with Crippen LogP contribution in [0.5, 0.6) is 5.75 Å². The highest BCUT2D eigenvalue weighted by Gasteiger charge is 2.51. The zero-order valence-electron chi connectivity index (χ0n) is 20.2. The minimum absolute atomic E-state index is 0.108. The molecule has 2 aromatic carbocycles. The highest BCUT2D eigenvalue weighted by Crippen LogP contribution is 2.60. The molecule has 0 aromatic heterocycles. The van der Waals surface area contributed by atoms with E-state index in [4.69, 9.17) is 4.74 Å².